The van der Waals surface area contributed by atoms with E-state index in [1.165, 1.54) is 23.5 Å². The zero-order valence-electron chi connectivity index (χ0n) is 21.4. The molecule has 1 atom stereocenters. The largest absolute Gasteiger partial charge is 0.365 e. The first kappa shape index (κ1) is 15.5. The van der Waals surface area contributed by atoms with Gasteiger partial charge in [0.25, 0.3) is 0 Å². The number of anilines is 1. The van der Waals surface area contributed by atoms with Gasteiger partial charge in [-0.2, -0.15) is 5.26 Å². The van der Waals surface area contributed by atoms with Gasteiger partial charge in [-0.05, 0) is 30.5 Å². The first-order valence-electron chi connectivity index (χ1n) is 11.9. The fraction of sp³-hybridized carbons (Fsp3) is 0.429. The molecule has 0 spiro atoms. The topological polar surface area (TPSA) is 77.7 Å². The number of hydrogen-bond acceptors (Lipinski definition) is 7. The van der Waals surface area contributed by atoms with Crippen LogP contribution in [0.5, 0.6) is 0 Å². The van der Waals surface area contributed by atoms with Gasteiger partial charge in [0, 0.05) is 34.3 Å². The van der Waals surface area contributed by atoms with Gasteiger partial charge in [-0.1, -0.05) is 36.8 Å². The van der Waals surface area contributed by atoms with Gasteiger partial charge < -0.3 is 5.31 Å². The van der Waals surface area contributed by atoms with E-state index in [-0.39, 0.29) is 54.2 Å². The normalized spacial score (nSPS) is 20.4. The van der Waals surface area contributed by atoms with Gasteiger partial charge in [0.2, 0.25) is 0 Å². The summed E-state index contributed by atoms with van der Waals surface area (Å²) in [4.78, 5) is 14.8. The first-order valence-corrected chi connectivity index (χ1v) is 10.5. The molecule has 3 heterocycles. The van der Waals surface area contributed by atoms with Crippen molar-refractivity contribution in [3.05, 3.63) is 45.4 Å². The predicted molar refractivity (Wildman–Crippen MR) is 117 cm³/mol. The summed E-state index contributed by atoms with van der Waals surface area (Å²) >= 11 is 7.06. The van der Waals surface area contributed by atoms with Gasteiger partial charge in [0.05, 0.1) is 17.0 Å². The minimum absolute atomic E-state index is 0.0431. The molecule has 0 aliphatic carbocycles. The second-order valence-electron chi connectivity index (χ2n) is 7.14. The number of nitrogens with one attached hydrogen (secondary N) is 1. The number of thiazole rings is 1. The van der Waals surface area contributed by atoms with E-state index in [4.69, 9.17) is 23.8 Å². The molecule has 0 amide bonds. The number of likely N-dealkylation sites (tertiary alicyclic amines) is 1. The molecule has 2 aromatic heterocycles. The molecule has 0 radical (unpaired) electrons. The van der Waals surface area contributed by atoms with Crippen LogP contribution in [0.25, 0.3) is 10.3 Å². The summed E-state index contributed by atoms with van der Waals surface area (Å²) in [6.07, 6.45) is 0.0774. The van der Waals surface area contributed by atoms with Crippen LogP contribution in [0.2, 0.25) is 6.43 Å². The molecule has 1 fully saturated rings. The number of aromatic nitrogens is 3. The molecule has 1 saturated heterocycles. The Morgan fingerprint density at radius 1 is 1.53 bits per heavy atom. The Morgan fingerprint density at radius 2 is 2.30 bits per heavy atom. The molecule has 3 aromatic rings. The van der Waals surface area contributed by atoms with E-state index < -0.39 is 24.2 Å². The average Bonchev–Trinajstić information content (AvgIpc) is 3.24. The molecule has 156 valence electrons. The third-order valence-corrected chi connectivity index (χ3v) is 6.14. The van der Waals surface area contributed by atoms with Crippen molar-refractivity contribution in [3.8, 4) is 6.07 Å². The molecule has 1 aliphatic heterocycles. The summed E-state index contributed by atoms with van der Waals surface area (Å²) in [6.45, 7) is 3.02. The monoisotopic (exact) mass is 449 g/mol. The minimum atomic E-state index is -1.40. The van der Waals surface area contributed by atoms with E-state index in [1.54, 1.807) is 24.8 Å². The van der Waals surface area contributed by atoms with Gasteiger partial charge in [0.15, 0.2) is 13.0 Å². The predicted octanol–water partition coefficient (Wildman–Crippen LogP) is 4.95. The maximum absolute atomic E-state index is 13.9. The van der Waals surface area contributed by atoms with Crippen LogP contribution >= 0.6 is 22.9 Å². The number of fused-ring (bicyclic) bond motifs is 1. The summed E-state index contributed by atoms with van der Waals surface area (Å²) in [5.74, 6) is -1.76. The number of benzene rings is 1. The Balaban J connectivity index is 1.57. The molecule has 0 bridgehead atoms. The van der Waals surface area contributed by atoms with E-state index in [1.807, 2.05) is 0 Å². The highest BCUT2D eigenvalue weighted by molar-refractivity contribution is 7.18. The first-order chi connectivity index (χ1) is 16.3. The highest BCUT2D eigenvalue weighted by Gasteiger charge is 2.22. The van der Waals surface area contributed by atoms with Crippen molar-refractivity contribution in [2.24, 2.45) is 0 Å². The lowest BCUT2D eigenvalue weighted by Gasteiger charge is -2.32. The number of piperidine rings is 1. The fourth-order valence-electron chi connectivity index (χ4n) is 3.15. The molecule has 1 unspecified atom stereocenters. The second-order valence-corrected chi connectivity index (χ2v) is 8.52. The maximum atomic E-state index is 13.9. The third-order valence-electron chi connectivity index (χ3n) is 4.70. The smallest absolute Gasteiger partial charge is 0.162 e. The molecule has 0 saturated carbocycles. The quantitative estimate of drug-likeness (QED) is 0.593. The molecular weight excluding hydrogens is 423 g/mol. The lowest BCUT2D eigenvalue weighted by atomic mass is 10.0. The Labute approximate surface area is 190 Å². The molecule has 1 aliphatic rings. The standard InChI is InChI=1S/C21H22ClFN6S/c1-12(2)20-28-18-19(25-11-26-21(18)30-20)27-15-3-5-29(6-4-15)10-13-7-14(9-24)17(23)16(22)8-13/h7-8,11-12,15H,3-6,10H2,1-2H3,(H,25,26,27)/i10D,11D,12D,15D/hD. The van der Waals surface area contributed by atoms with Gasteiger partial charge in [-0.15, -0.1) is 0 Å². The fourth-order valence-corrected chi connectivity index (χ4v) is 4.22. The van der Waals surface area contributed by atoms with Gasteiger partial charge in [-0.3, -0.25) is 4.90 Å². The van der Waals surface area contributed by atoms with Crippen LogP contribution < -0.4 is 5.31 Å². The van der Waals surface area contributed by atoms with Crippen LogP contribution in [0.1, 0.15) is 54.2 Å². The van der Waals surface area contributed by atoms with Crippen LogP contribution in [0.4, 0.5) is 10.2 Å². The number of nitrogens with zero attached hydrogens (tertiary/aromatic N) is 5. The Kier molecular flexibility index (Phi) is 4.54. The summed E-state index contributed by atoms with van der Waals surface area (Å²) in [5, 5.41) is 10.3. The molecule has 1 N–H and O–H groups in total. The average molecular weight is 450 g/mol. The van der Waals surface area contributed by atoms with Crippen LogP contribution in [0, 0.1) is 17.1 Å². The molecular formula is C21H22ClFN6S. The Bertz CT molecular complexity index is 1320. The lowest BCUT2D eigenvalue weighted by Crippen LogP contribution is -2.38. The molecule has 4 rings (SSSR count). The summed E-state index contributed by atoms with van der Waals surface area (Å²) < 4.78 is 56.4. The summed E-state index contributed by atoms with van der Waals surface area (Å²) in [7, 11) is 0. The van der Waals surface area contributed by atoms with E-state index in [0.717, 1.165) is 5.31 Å². The van der Waals surface area contributed by atoms with Crippen molar-refractivity contribution in [3.63, 3.8) is 0 Å². The Morgan fingerprint density at radius 3 is 3.00 bits per heavy atom. The van der Waals surface area contributed by atoms with Crippen LogP contribution in [-0.4, -0.2) is 39.0 Å². The van der Waals surface area contributed by atoms with Crippen molar-refractivity contribution in [2.45, 2.75) is 45.1 Å². The number of hydrogen-bond donors (Lipinski definition) is 1. The van der Waals surface area contributed by atoms with E-state index in [0.29, 0.717) is 15.4 Å². The number of rotatable bonds is 5. The molecule has 9 heteroatoms. The summed E-state index contributed by atoms with van der Waals surface area (Å²) in [5.41, 5.74) is 0.428. The number of nitriles is 1. The highest BCUT2D eigenvalue weighted by Crippen LogP contribution is 2.30. The summed E-state index contributed by atoms with van der Waals surface area (Å²) in [6, 6.07) is 2.98. The molecule has 30 heavy (non-hydrogen) atoms. The maximum Gasteiger partial charge on any atom is 0.162 e. The molecule has 6 nitrogen and oxygen atoms in total. The van der Waals surface area contributed by atoms with Crippen LogP contribution in [0.3, 0.4) is 0 Å². The van der Waals surface area contributed by atoms with Crippen LogP contribution in [0.15, 0.2) is 18.4 Å². The van der Waals surface area contributed by atoms with Crippen molar-refractivity contribution in [2.75, 3.05) is 18.4 Å². The SMILES string of the molecule is [2H]c1nc(N([2H])C2([2H])CCN(C([2H])c3cc(Cl)c(F)c(C#N)c3)CC2)c2nc(C([2H])(C)C)sc2n1. The van der Waals surface area contributed by atoms with Gasteiger partial charge in [-0.25, -0.2) is 19.3 Å². The van der Waals surface area contributed by atoms with Crippen molar-refractivity contribution < 1.29 is 11.3 Å². The van der Waals surface area contributed by atoms with E-state index in [9.17, 15) is 4.39 Å². The van der Waals surface area contributed by atoms with Crippen molar-refractivity contribution in [1.82, 2.24) is 19.9 Å². The second kappa shape index (κ2) is 8.80. The number of halogens is 2. The van der Waals surface area contributed by atoms with Gasteiger partial charge >= 0.3 is 0 Å². The lowest BCUT2D eigenvalue weighted by molar-refractivity contribution is 0.211. The Hall–Kier alpha value is -2.34. The van der Waals surface area contributed by atoms with Crippen molar-refractivity contribution in [1.29, 1.82) is 5.26 Å². The van der Waals surface area contributed by atoms with Gasteiger partial charge in [0.1, 0.15) is 24.1 Å². The van der Waals surface area contributed by atoms with Crippen molar-refractivity contribution >= 4 is 39.1 Å². The highest BCUT2D eigenvalue weighted by atomic mass is 35.5. The molecule has 1 aromatic carbocycles. The minimum Gasteiger partial charge on any atom is -0.365 e. The zero-order valence-corrected chi connectivity index (χ0v) is 18.0. The van der Waals surface area contributed by atoms with Crippen LogP contribution in [-0.2, 0) is 6.52 Å². The third kappa shape index (κ3) is 4.38. The zero-order chi connectivity index (χ0) is 25.7. The van der Waals surface area contributed by atoms with E-state index in [2.05, 4.69) is 15.0 Å². The van der Waals surface area contributed by atoms with E-state index >= 15 is 0 Å².